The van der Waals surface area contributed by atoms with Gasteiger partial charge in [0.1, 0.15) is 6.04 Å². The molecule has 134 valence electrons. The Morgan fingerprint density at radius 3 is 2.50 bits per heavy atom. The third kappa shape index (κ3) is 3.78. The first-order valence-corrected chi connectivity index (χ1v) is 8.40. The molecule has 1 heterocycles. The van der Waals surface area contributed by atoms with Crippen molar-refractivity contribution in [2.45, 2.75) is 19.5 Å². The summed E-state index contributed by atoms with van der Waals surface area (Å²) in [6.45, 7) is 2.26. The number of carbonyl (C=O) groups excluding carboxylic acids is 1. The number of amides is 1. The van der Waals surface area contributed by atoms with Gasteiger partial charge in [0, 0.05) is 0 Å². The molecule has 0 saturated carbocycles. The number of nitrogens with one attached hydrogen (secondary N) is 1. The molecule has 1 N–H and O–H groups in total. The number of carbonyl (C=O) groups is 1. The van der Waals surface area contributed by atoms with E-state index in [4.69, 9.17) is 0 Å². The Labute approximate surface area is 152 Å². The van der Waals surface area contributed by atoms with Crippen LogP contribution in [0, 0.1) is 6.92 Å². The van der Waals surface area contributed by atoms with Gasteiger partial charge in [-0.2, -0.15) is 4.68 Å². The van der Waals surface area contributed by atoms with Gasteiger partial charge in [0.2, 0.25) is 5.91 Å². The molecule has 3 aromatic rings. The molecule has 7 heteroatoms. The molecule has 1 atom stereocenters. The van der Waals surface area contributed by atoms with Crippen molar-refractivity contribution in [1.82, 2.24) is 30.4 Å². The number of para-hydroxylation sites is 1. The molecule has 0 bridgehead atoms. The van der Waals surface area contributed by atoms with Crippen molar-refractivity contribution in [3.8, 4) is 5.69 Å². The second-order valence-electron chi connectivity index (χ2n) is 6.28. The van der Waals surface area contributed by atoms with E-state index in [2.05, 4.69) is 20.8 Å². The normalized spacial score (nSPS) is 12.2. The fraction of sp³-hybridized carbons (Fsp3) is 0.263. The Morgan fingerprint density at radius 1 is 1.12 bits per heavy atom. The zero-order valence-corrected chi connectivity index (χ0v) is 15.1. The predicted octanol–water partition coefficient (Wildman–Crippen LogP) is 1.89. The first-order chi connectivity index (χ1) is 12.6. The average Bonchev–Trinajstić information content (AvgIpc) is 3.11. The minimum absolute atomic E-state index is 0.0908. The quantitative estimate of drug-likeness (QED) is 0.735. The van der Waals surface area contributed by atoms with E-state index in [-0.39, 0.29) is 18.5 Å². The van der Waals surface area contributed by atoms with Crippen molar-refractivity contribution in [3.05, 3.63) is 71.5 Å². The summed E-state index contributed by atoms with van der Waals surface area (Å²) in [6.07, 6.45) is 0. The summed E-state index contributed by atoms with van der Waals surface area (Å²) in [4.78, 5) is 14.8. The summed E-state index contributed by atoms with van der Waals surface area (Å²) < 4.78 is 1.62. The largest absolute Gasteiger partial charge is 0.347 e. The second-order valence-corrected chi connectivity index (χ2v) is 6.28. The Balaban J connectivity index is 1.76. The molecule has 0 spiro atoms. The Hall–Kier alpha value is -3.06. The number of hydrogen-bond donors (Lipinski definition) is 1. The number of likely N-dealkylation sites (N-methyl/N-ethyl adjacent to an activating group) is 1. The van der Waals surface area contributed by atoms with Crippen LogP contribution in [0.3, 0.4) is 0 Å². The maximum atomic E-state index is 12.8. The number of rotatable bonds is 6. The van der Waals surface area contributed by atoms with E-state index >= 15 is 0 Å². The number of nitrogens with zero attached hydrogens (tertiary/aromatic N) is 5. The van der Waals surface area contributed by atoms with E-state index in [1.54, 1.807) is 4.68 Å². The fourth-order valence-electron chi connectivity index (χ4n) is 2.90. The first kappa shape index (κ1) is 17.8. The van der Waals surface area contributed by atoms with Crippen molar-refractivity contribution in [2.24, 2.45) is 0 Å². The highest BCUT2D eigenvalue weighted by molar-refractivity contribution is 5.83. The molecule has 1 amide bonds. The van der Waals surface area contributed by atoms with Gasteiger partial charge in [0.25, 0.3) is 0 Å². The summed E-state index contributed by atoms with van der Waals surface area (Å²) >= 11 is 0. The van der Waals surface area contributed by atoms with Crippen LogP contribution < -0.4 is 5.32 Å². The van der Waals surface area contributed by atoms with Gasteiger partial charge in [-0.1, -0.05) is 42.5 Å². The van der Waals surface area contributed by atoms with Crippen LogP contribution in [0.4, 0.5) is 0 Å². The lowest BCUT2D eigenvalue weighted by molar-refractivity contribution is -0.126. The van der Waals surface area contributed by atoms with E-state index in [1.807, 2.05) is 80.5 Å². The molecule has 1 unspecified atom stereocenters. The van der Waals surface area contributed by atoms with E-state index in [0.29, 0.717) is 5.82 Å². The molecule has 1 aromatic heterocycles. The fourth-order valence-corrected chi connectivity index (χ4v) is 2.90. The highest BCUT2D eigenvalue weighted by atomic mass is 16.2. The monoisotopic (exact) mass is 350 g/mol. The van der Waals surface area contributed by atoms with Crippen molar-refractivity contribution in [2.75, 3.05) is 14.1 Å². The number of hydrogen-bond acceptors (Lipinski definition) is 5. The van der Waals surface area contributed by atoms with Gasteiger partial charge in [-0.15, -0.1) is 5.10 Å². The molecule has 0 fully saturated rings. The van der Waals surface area contributed by atoms with Crippen molar-refractivity contribution >= 4 is 5.91 Å². The van der Waals surface area contributed by atoms with E-state index in [0.717, 1.165) is 16.8 Å². The molecule has 3 rings (SSSR count). The maximum Gasteiger partial charge on any atom is 0.242 e. The van der Waals surface area contributed by atoms with Crippen molar-refractivity contribution < 1.29 is 4.79 Å². The average molecular weight is 350 g/mol. The molecule has 2 aromatic carbocycles. The van der Waals surface area contributed by atoms with Crippen molar-refractivity contribution in [3.63, 3.8) is 0 Å². The zero-order valence-electron chi connectivity index (χ0n) is 15.1. The number of tetrazole rings is 1. The van der Waals surface area contributed by atoms with Crippen LogP contribution in [0.2, 0.25) is 0 Å². The van der Waals surface area contributed by atoms with Crippen LogP contribution in [0.25, 0.3) is 5.69 Å². The first-order valence-electron chi connectivity index (χ1n) is 8.40. The topological polar surface area (TPSA) is 75.9 Å². The smallest absolute Gasteiger partial charge is 0.242 e. The lowest BCUT2D eigenvalue weighted by Gasteiger charge is -2.25. The Morgan fingerprint density at radius 2 is 1.81 bits per heavy atom. The van der Waals surface area contributed by atoms with E-state index in [1.165, 1.54) is 0 Å². The lowest BCUT2D eigenvalue weighted by Crippen LogP contribution is -2.37. The molecule has 0 aliphatic carbocycles. The van der Waals surface area contributed by atoms with Crippen LogP contribution in [0.1, 0.15) is 23.0 Å². The molecular formula is C19H22N6O. The number of aromatic nitrogens is 4. The van der Waals surface area contributed by atoms with Gasteiger partial charge in [-0.25, -0.2) is 0 Å². The highest BCUT2D eigenvalue weighted by Crippen LogP contribution is 2.22. The minimum Gasteiger partial charge on any atom is -0.347 e. The van der Waals surface area contributed by atoms with Gasteiger partial charge in [0.15, 0.2) is 5.82 Å². The second kappa shape index (κ2) is 7.88. The highest BCUT2D eigenvalue weighted by Gasteiger charge is 2.24. The Kier molecular flexibility index (Phi) is 5.38. The van der Waals surface area contributed by atoms with Crippen LogP contribution >= 0.6 is 0 Å². The van der Waals surface area contributed by atoms with Gasteiger partial charge in [0.05, 0.1) is 12.2 Å². The zero-order chi connectivity index (χ0) is 18.5. The molecule has 0 aliphatic rings. The molecule has 0 saturated heterocycles. The molecule has 7 nitrogen and oxygen atoms in total. The summed E-state index contributed by atoms with van der Waals surface area (Å²) in [7, 11) is 3.79. The molecule has 26 heavy (non-hydrogen) atoms. The molecule has 0 aliphatic heterocycles. The van der Waals surface area contributed by atoms with Gasteiger partial charge in [-0.05, 0) is 54.7 Å². The van der Waals surface area contributed by atoms with Gasteiger partial charge < -0.3 is 5.32 Å². The van der Waals surface area contributed by atoms with E-state index in [9.17, 15) is 4.79 Å². The van der Waals surface area contributed by atoms with E-state index < -0.39 is 0 Å². The molecular weight excluding hydrogens is 328 g/mol. The number of benzene rings is 2. The van der Waals surface area contributed by atoms with Crippen LogP contribution in [-0.4, -0.2) is 45.1 Å². The lowest BCUT2D eigenvalue weighted by atomic mass is 10.00. The van der Waals surface area contributed by atoms with Crippen LogP contribution in [0.5, 0.6) is 0 Å². The minimum atomic E-state index is -0.378. The van der Waals surface area contributed by atoms with Crippen molar-refractivity contribution in [1.29, 1.82) is 0 Å². The summed E-state index contributed by atoms with van der Waals surface area (Å²) in [5.41, 5.74) is 2.91. The standard InChI is InChI=1S/C19H22N6O/c1-14-9-7-8-12-16(14)18(24(2)3)19(26)20-13-17-21-22-23-25(17)15-10-5-4-6-11-15/h4-12,18H,13H2,1-3H3,(H,20,26). The van der Waals surface area contributed by atoms with Gasteiger partial charge >= 0.3 is 0 Å². The summed E-state index contributed by atoms with van der Waals surface area (Å²) in [5.74, 6) is 0.485. The predicted molar refractivity (Wildman–Crippen MR) is 98.6 cm³/mol. The SMILES string of the molecule is Cc1ccccc1C(C(=O)NCc1nnnn1-c1ccccc1)N(C)C. The molecule has 0 radical (unpaired) electrons. The summed E-state index contributed by atoms with van der Waals surface area (Å²) in [5, 5.41) is 14.7. The number of aryl methyl sites for hydroxylation is 1. The summed E-state index contributed by atoms with van der Waals surface area (Å²) in [6, 6.07) is 17.1. The Bertz CT molecular complexity index is 875. The maximum absolute atomic E-state index is 12.8. The third-order valence-corrected chi connectivity index (χ3v) is 4.20. The van der Waals surface area contributed by atoms with Gasteiger partial charge in [-0.3, -0.25) is 9.69 Å². The van der Waals surface area contributed by atoms with Crippen LogP contribution in [-0.2, 0) is 11.3 Å². The third-order valence-electron chi connectivity index (χ3n) is 4.20. The van der Waals surface area contributed by atoms with Crippen LogP contribution in [0.15, 0.2) is 54.6 Å².